The molecule has 0 aliphatic heterocycles. The predicted molar refractivity (Wildman–Crippen MR) is 80.4 cm³/mol. The van der Waals surface area contributed by atoms with Gasteiger partial charge in [0.25, 0.3) is 0 Å². The average Bonchev–Trinajstić information content (AvgIpc) is 2.46. The fraction of sp³-hybridized carbons (Fsp3) is 0.294. The van der Waals surface area contributed by atoms with Gasteiger partial charge in [0.2, 0.25) is 0 Å². The van der Waals surface area contributed by atoms with Crippen molar-refractivity contribution in [2.24, 2.45) is 0 Å². The molecule has 0 saturated heterocycles. The van der Waals surface area contributed by atoms with E-state index in [1.807, 2.05) is 30.3 Å². The third-order valence-electron chi connectivity index (χ3n) is 3.47. The minimum Gasteiger partial charge on any atom is -0.394 e. The highest BCUT2D eigenvalue weighted by atomic mass is 16.3. The zero-order valence-electron chi connectivity index (χ0n) is 11.6. The van der Waals surface area contributed by atoms with E-state index < -0.39 is 0 Å². The maximum atomic E-state index is 9.69. The van der Waals surface area contributed by atoms with Gasteiger partial charge in [-0.15, -0.1) is 0 Å². The topological polar surface area (TPSA) is 32.3 Å². The molecule has 0 radical (unpaired) electrons. The lowest BCUT2D eigenvalue weighted by atomic mass is 9.98. The molecule has 2 N–H and O–H groups in total. The zero-order chi connectivity index (χ0) is 13.7. The molecule has 2 nitrogen and oxygen atoms in total. The van der Waals surface area contributed by atoms with E-state index in [1.165, 1.54) is 16.7 Å². The second kappa shape index (κ2) is 6.39. The molecule has 2 rings (SSSR count). The van der Waals surface area contributed by atoms with E-state index in [4.69, 9.17) is 0 Å². The van der Waals surface area contributed by atoms with Gasteiger partial charge in [-0.2, -0.15) is 0 Å². The molecular weight excluding hydrogens is 234 g/mol. The van der Waals surface area contributed by atoms with Gasteiger partial charge in [0.05, 0.1) is 12.6 Å². The molecule has 0 fully saturated rings. The quantitative estimate of drug-likeness (QED) is 0.853. The molecule has 1 unspecified atom stereocenters. The summed E-state index contributed by atoms with van der Waals surface area (Å²) in [6.45, 7) is 4.30. The summed E-state index contributed by atoms with van der Waals surface area (Å²) in [4.78, 5) is 0. The van der Waals surface area contributed by atoms with Crippen LogP contribution in [0.4, 0.5) is 5.69 Å². The van der Waals surface area contributed by atoms with E-state index in [9.17, 15) is 5.11 Å². The first-order chi connectivity index (χ1) is 9.26. The van der Waals surface area contributed by atoms with Crippen molar-refractivity contribution < 1.29 is 5.11 Å². The molecule has 0 spiro atoms. The Morgan fingerprint density at radius 2 is 1.74 bits per heavy atom. The lowest BCUT2D eigenvalue weighted by molar-refractivity contribution is 0.276. The second-order valence-electron chi connectivity index (χ2n) is 4.75. The number of hydrogen-bond acceptors (Lipinski definition) is 2. The number of aliphatic hydroxyl groups excluding tert-OH is 1. The summed E-state index contributed by atoms with van der Waals surface area (Å²) in [7, 11) is 0. The fourth-order valence-corrected chi connectivity index (χ4v) is 2.34. The van der Waals surface area contributed by atoms with E-state index in [1.54, 1.807) is 0 Å². The molecule has 0 aromatic heterocycles. The monoisotopic (exact) mass is 255 g/mol. The SMILES string of the molecule is CCc1ccccc1C(CO)Nc1ccccc1C. The molecule has 0 amide bonds. The summed E-state index contributed by atoms with van der Waals surface area (Å²) >= 11 is 0. The lowest BCUT2D eigenvalue weighted by Gasteiger charge is -2.21. The van der Waals surface area contributed by atoms with Crippen molar-refractivity contribution in [3.63, 3.8) is 0 Å². The number of aliphatic hydroxyl groups is 1. The van der Waals surface area contributed by atoms with Gasteiger partial charge in [-0.05, 0) is 36.1 Å². The molecule has 0 heterocycles. The van der Waals surface area contributed by atoms with Crippen LogP contribution in [0.1, 0.15) is 29.7 Å². The standard InChI is InChI=1S/C17H21NO/c1-3-14-9-5-6-10-15(14)17(12-19)18-16-11-7-4-8-13(16)2/h4-11,17-19H,3,12H2,1-2H3. The van der Waals surface area contributed by atoms with Gasteiger partial charge in [0.15, 0.2) is 0 Å². The Bertz CT molecular complexity index is 536. The molecule has 0 saturated carbocycles. The maximum Gasteiger partial charge on any atom is 0.0747 e. The fourth-order valence-electron chi connectivity index (χ4n) is 2.34. The van der Waals surface area contributed by atoms with Crippen LogP contribution in [0, 0.1) is 6.92 Å². The van der Waals surface area contributed by atoms with E-state index in [-0.39, 0.29) is 12.6 Å². The molecule has 0 aliphatic carbocycles. The van der Waals surface area contributed by atoms with E-state index >= 15 is 0 Å². The molecule has 0 bridgehead atoms. The number of anilines is 1. The first-order valence-corrected chi connectivity index (χ1v) is 6.77. The van der Waals surface area contributed by atoms with Crippen molar-refractivity contribution in [2.75, 3.05) is 11.9 Å². The zero-order valence-corrected chi connectivity index (χ0v) is 11.6. The maximum absolute atomic E-state index is 9.69. The van der Waals surface area contributed by atoms with Crippen molar-refractivity contribution in [3.8, 4) is 0 Å². The number of para-hydroxylation sites is 1. The highest BCUT2D eigenvalue weighted by molar-refractivity contribution is 5.52. The minimum atomic E-state index is -0.0581. The van der Waals surface area contributed by atoms with Crippen LogP contribution in [-0.2, 0) is 6.42 Å². The van der Waals surface area contributed by atoms with E-state index in [0.717, 1.165) is 12.1 Å². The van der Waals surface area contributed by atoms with Crippen molar-refractivity contribution >= 4 is 5.69 Å². The Balaban J connectivity index is 2.28. The van der Waals surface area contributed by atoms with Gasteiger partial charge in [-0.3, -0.25) is 0 Å². The molecule has 2 heteroatoms. The first kappa shape index (κ1) is 13.6. The Kier molecular flexibility index (Phi) is 4.58. The highest BCUT2D eigenvalue weighted by Crippen LogP contribution is 2.24. The minimum absolute atomic E-state index is 0.0581. The smallest absolute Gasteiger partial charge is 0.0747 e. The molecule has 2 aromatic carbocycles. The van der Waals surface area contributed by atoms with Gasteiger partial charge in [0.1, 0.15) is 0 Å². The molecule has 19 heavy (non-hydrogen) atoms. The molecule has 100 valence electrons. The van der Waals surface area contributed by atoms with Crippen LogP contribution >= 0.6 is 0 Å². The highest BCUT2D eigenvalue weighted by Gasteiger charge is 2.13. The van der Waals surface area contributed by atoms with Gasteiger partial charge < -0.3 is 10.4 Å². The van der Waals surface area contributed by atoms with Crippen molar-refractivity contribution in [1.82, 2.24) is 0 Å². The molecular formula is C17H21NO. The summed E-state index contributed by atoms with van der Waals surface area (Å²) in [5.41, 5.74) is 4.72. The van der Waals surface area contributed by atoms with Gasteiger partial charge >= 0.3 is 0 Å². The largest absolute Gasteiger partial charge is 0.394 e. The van der Waals surface area contributed by atoms with Gasteiger partial charge in [-0.25, -0.2) is 0 Å². The Morgan fingerprint density at radius 3 is 2.42 bits per heavy atom. The summed E-state index contributed by atoms with van der Waals surface area (Å²) < 4.78 is 0. The first-order valence-electron chi connectivity index (χ1n) is 6.77. The van der Waals surface area contributed by atoms with Crippen molar-refractivity contribution in [1.29, 1.82) is 0 Å². The Labute approximate surface area is 115 Å². The number of nitrogens with one attached hydrogen (secondary N) is 1. The summed E-state index contributed by atoms with van der Waals surface area (Å²) in [6.07, 6.45) is 0.974. The summed E-state index contributed by atoms with van der Waals surface area (Å²) in [5.74, 6) is 0. The van der Waals surface area contributed by atoms with Gasteiger partial charge in [-0.1, -0.05) is 49.4 Å². The van der Waals surface area contributed by atoms with Crippen LogP contribution in [0.25, 0.3) is 0 Å². The van der Waals surface area contributed by atoms with Crippen LogP contribution in [0.2, 0.25) is 0 Å². The van der Waals surface area contributed by atoms with Crippen LogP contribution in [0.3, 0.4) is 0 Å². The normalized spacial score (nSPS) is 12.2. The molecule has 0 aliphatic rings. The lowest BCUT2D eigenvalue weighted by Crippen LogP contribution is -2.17. The number of aryl methyl sites for hydroxylation is 2. The Hall–Kier alpha value is -1.80. The van der Waals surface area contributed by atoms with Crippen molar-refractivity contribution in [2.45, 2.75) is 26.3 Å². The third-order valence-corrected chi connectivity index (χ3v) is 3.47. The van der Waals surface area contributed by atoms with Crippen LogP contribution < -0.4 is 5.32 Å². The Morgan fingerprint density at radius 1 is 1.05 bits per heavy atom. The number of rotatable bonds is 5. The van der Waals surface area contributed by atoms with Crippen molar-refractivity contribution in [3.05, 3.63) is 65.2 Å². The van der Waals surface area contributed by atoms with E-state index in [0.29, 0.717) is 0 Å². The average molecular weight is 255 g/mol. The van der Waals surface area contributed by atoms with E-state index in [2.05, 4.69) is 37.4 Å². The predicted octanol–water partition coefficient (Wildman–Crippen LogP) is 3.70. The third kappa shape index (κ3) is 3.15. The molecule has 2 aromatic rings. The van der Waals surface area contributed by atoms with Crippen LogP contribution in [-0.4, -0.2) is 11.7 Å². The van der Waals surface area contributed by atoms with Gasteiger partial charge in [0, 0.05) is 5.69 Å². The number of hydrogen-bond donors (Lipinski definition) is 2. The van der Waals surface area contributed by atoms with Crippen LogP contribution in [0.5, 0.6) is 0 Å². The summed E-state index contributed by atoms with van der Waals surface area (Å²) in [5, 5.41) is 13.1. The number of benzene rings is 2. The summed E-state index contributed by atoms with van der Waals surface area (Å²) in [6, 6.07) is 16.4. The second-order valence-corrected chi connectivity index (χ2v) is 4.75. The molecule has 1 atom stereocenters. The van der Waals surface area contributed by atoms with Crippen LogP contribution in [0.15, 0.2) is 48.5 Å².